The normalized spacial score (nSPS) is 28.2. The third-order valence-corrected chi connectivity index (χ3v) is 3.85. The molecular formula is C15H19N. The topological polar surface area (TPSA) is 3.24 Å². The van der Waals surface area contributed by atoms with Crippen molar-refractivity contribution in [3.8, 4) is 0 Å². The van der Waals surface area contributed by atoms with Crippen LogP contribution >= 0.6 is 0 Å². The molecule has 1 heteroatoms. The van der Waals surface area contributed by atoms with Crippen molar-refractivity contribution < 1.29 is 0 Å². The quantitative estimate of drug-likeness (QED) is 0.728. The number of rotatable bonds is 2. The van der Waals surface area contributed by atoms with Crippen molar-refractivity contribution in [2.45, 2.75) is 31.7 Å². The third kappa shape index (κ3) is 1.92. The van der Waals surface area contributed by atoms with E-state index >= 15 is 0 Å². The molecule has 2 aliphatic rings. The first-order chi connectivity index (χ1) is 7.93. The van der Waals surface area contributed by atoms with Crippen LogP contribution in [0.25, 0.3) is 6.08 Å². The van der Waals surface area contributed by atoms with Gasteiger partial charge in [0.25, 0.3) is 0 Å². The number of hydrogen-bond donors (Lipinski definition) is 0. The summed E-state index contributed by atoms with van der Waals surface area (Å²) in [5.41, 5.74) is 3.02. The van der Waals surface area contributed by atoms with Crippen LogP contribution in [-0.4, -0.2) is 24.0 Å². The minimum absolute atomic E-state index is 0.758. The lowest BCUT2D eigenvalue weighted by atomic mass is 10.0. The smallest absolute Gasteiger partial charge is 0.0310 e. The predicted molar refractivity (Wildman–Crippen MR) is 68.2 cm³/mol. The molecule has 0 aromatic heterocycles. The molecule has 0 spiro atoms. The summed E-state index contributed by atoms with van der Waals surface area (Å²) in [6, 6.07) is 11.5. The molecule has 1 atom stereocenters. The molecule has 0 bridgehead atoms. The zero-order chi connectivity index (χ0) is 10.8. The van der Waals surface area contributed by atoms with E-state index in [0.717, 1.165) is 6.04 Å². The van der Waals surface area contributed by atoms with Gasteiger partial charge in [-0.1, -0.05) is 42.0 Å². The molecule has 1 saturated heterocycles. The van der Waals surface area contributed by atoms with E-state index in [4.69, 9.17) is 0 Å². The van der Waals surface area contributed by atoms with Crippen LogP contribution in [0.2, 0.25) is 0 Å². The average Bonchev–Trinajstić information content (AvgIpc) is 2.66. The van der Waals surface area contributed by atoms with Crippen molar-refractivity contribution in [2.24, 2.45) is 0 Å². The molecular weight excluding hydrogens is 194 g/mol. The Bertz CT molecular complexity index is 376. The van der Waals surface area contributed by atoms with Gasteiger partial charge in [-0.15, -0.1) is 0 Å². The first-order valence-electron chi connectivity index (χ1n) is 6.43. The zero-order valence-electron chi connectivity index (χ0n) is 9.73. The fourth-order valence-corrected chi connectivity index (χ4v) is 2.85. The van der Waals surface area contributed by atoms with E-state index in [1.54, 1.807) is 5.57 Å². The number of benzene rings is 1. The lowest BCUT2D eigenvalue weighted by Crippen LogP contribution is -2.44. The summed E-state index contributed by atoms with van der Waals surface area (Å²) in [5, 5.41) is 0. The molecule has 0 radical (unpaired) electrons. The van der Waals surface area contributed by atoms with Crippen LogP contribution in [0.15, 0.2) is 35.9 Å². The van der Waals surface area contributed by atoms with Crippen LogP contribution < -0.4 is 0 Å². The second kappa shape index (κ2) is 4.42. The fourth-order valence-electron chi connectivity index (χ4n) is 2.85. The monoisotopic (exact) mass is 213 g/mol. The Balaban J connectivity index is 1.80. The van der Waals surface area contributed by atoms with E-state index in [0.29, 0.717) is 0 Å². The van der Waals surface area contributed by atoms with Crippen molar-refractivity contribution >= 4 is 6.08 Å². The van der Waals surface area contributed by atoms with Crippen LogP contribution in [0.3, 0.4) is 0 Å². The molecule has 1 aliphatic heterocycles. The highest BCUT2D eigenvalue weighted by Gasteiger charge is 2.29. The Hall–Kier alpha value is -1.08. The summed E-state index contributed by atoms with van der Waals surface area (Å²) < 4.78 is 0. The highest BCUT2D eigenvalue weighted by molar-refractivity contribution is 5.54. The molecule has 16 heavy (non-hydrogen) atoms. The predicted octanol–water partition coefficient (Wildman–Crippen LogP) is 3.33. The van der Waals surface area contributed by atoms with Crippen LogP contribution in [0.4, 0.5) is 0 Å². The minimum atomic E-state index is 0.758. The number of nitrogens with zero attached hydrogens (tertiary/aromatic N) is 1. The summed E-state index contributed by atoms with van der Waals surface area (Å²) in [6.45, 7) is 2.63. The highest BCUT2D eigenvalue weighted by atomic mass is 15.2. The molecule has 1 aromatic rings. The fraction of sp³-hybridized carbons (Fsp3) is 0.467. The van der Waals surface area contributed by atoms with Gasteiger partial charge in [-0.2, -0.15) is 0 Å². The van der Waals surface area contributed by atoms with Gasteiger partial charge >= 0.3 is 0 Å². The van der Waals surface area contributed by atoms with Crippen molar-refractivity contribution in [2.75, 3.05) is 13.1 Å². The molecule has 1 nitrogen and oxygen atoms in total. The second-order valence-corrected chi connectivity index (χ2v) is 4.93. The van der Waals surface area contributed by atoms with Gasteiger partial charge < -0.3 is 0 Å². The van der Waals surface area contributed by atoms with Gasteiger partial charge in [0.15, 0.2) is 0 Å². The lowest BCUT2D eigenvalue weighted by molar-refractivity contribution is 0.141. The van der Waals surface area contributed by atoms with Gasteiger partial charge in [0, 0.05) is 6.04 Å². The summed E-state index contributed by atoms with van der Waals surface area (Å²) in [4.78, 5) is 2.64. The van der Waals surface area contributed by atoms with Crippen molar-refractivity contribution in [1.82, 2.24) is 4.90 Å². The molecule has 1 heterocycles. The minimum Gasteiger partial charge on any atom is -0.297 e. The third-order valence-electron chi connectivity index (χ3n) is 3.85. The molecule has 1 saturated carbocycles. The summed E-state index contributed by atoms with van der Waals surface area (Å²) in [6.07, 6.45) is 7.86. The van der Waals surface area contributed by atoms with Gasteiger partial charge in [-0.25, -0.2) is 0 Å². The van der Waals surface area contributed by atoms with E-state index in [2.05, 4.69) is 41.3 Å². The maximum Gasteiger partial charge on any atom is 0.0310 e. The van der Waals surface area contributed by atoms with Gasteiger partial charge in [-0.05, 0) is 44.3 Å². The molecule has 0 N–H and O–H groups in total. The van der Waals surface area contributed by atoms with E-state index in [1.807, 2.05) is 0 Å². The lowest BCUT2D eigenvalue weighted by Gasteiger charge is -2.37. The molecule has 3 rings (SSSR count). The summed E-state index contributed by atoms with van der Waals surface area (Å²) >= 11 is 0. The van der Waals surface area contributed by atoms with Gasteiger partial charge in [-0.3, -0.25) is 4.90 Å². The SMILES string of the molecule is C(=C1\CCCC1N1CCC1)/c1ccccc1. The Morgan fingerprint density at radius 1 is 1.06 bits per heavy atom. The first-order valence-corrected chi connectivity index (χ1v) is 6.43. The van der Waals surface area contributed by atoms with Crippen molar-refractivity contribution in [1.29, 1.82) is 0 Å². The van der Waals surface area contributed by atoms with Crippen molar-refractivity contribution in [3.63, 3.8) is 0 Å². The number of likely N-dealkylation sites (tertiary alicyclic amines) is 1. The highest BCUT2D eigenvalue weighted by Crippen LogP contribution is 2.33. The standard InChI is InChI=1S/C15H19N/c1-2-6-13(7-3-1)12-14-8-4-9-15(14)16-10-5-11-16/h1-3,6-7,12,15H,4-5,8-11H2/b14-12-. The molecule has 1 aliphatic carbocycles. The first kappa shape index (κ1) is 10.1. The van der Waals surface area contributed by atoms with Crippen LogP contribution in [0, 0.1) is 0 Å². The van der Waals surface area contributed by atoms with E-state index in [9.17, 15) is 0 Å². The Morgan fingerprint density at radius 2 is 1.88 bits per heavy atom. The molecule has 1 aromatic carbocycles. The van der Waals surface area contributed by atoms with Gasteiger partial charge in [0.2, 0.25) is 0 Å². The molecule has 1 unspecified atom stereocenters. The van der Waals surface area contributed by atoms with Crippen LogP contribution in [0.1, 0.15) is 31.2 Å². The maximum atomic E-state index is 2.64. The second-order valence-electron chi connectivity index (χ2n) is 4.93. The Morgan fingerprint density at radius 3 is 2.56 bits per heavy atom. The van der Waals surface area contributed by atoms with Crippen LogP contribution in [-0.2, 0) is 0 Å². The van der Waals surface area contributed by atoms with E-state index < -0.39 is 0 Å². The van der Waals surface area contributed by atoms with E-state index in [-0.39, 0.29) is 0 Å². The molecule has 84 valence electrons. The van der Waals surface area contributed by atoms with Crippen LogP contribution in [0.5, 0.6) is 0 Å². The van der Waals surface area contributed by atoms with Gasteiger partial charge in [0.05, 0.1) is 0 Å². The average molecular weight is 213 g/mol. The Kier molecular flexibility index (Phi) is 2.79. The van der Waals surface area contributed by atoms with Crippen molar-refractivity contribution in [3.05, 3.63) is 41.5 Å². The molecule has 2 fully saturated rings. The Labute approximate surface area is 97.8 Å². The summed E-state index contributed by atoms with van der Waals surface area (Å²) in [7, 11) is 0. The number of hydrogen-bond acceptors (Lipinski definition) is 1. The summed E-state index contributed by atoms with van der Waals surface area (Å²) in [5.74, 6) is 0. The largest absolute Gasteiger partial charge is 0.297 e. The molecule has 0 amide bonds. The zero-order valence-corrected chi connectivity index (χ0v) is 9.73. The maximum absolute atomic E-state index is 2.64. The van der Waals surface area contributed by atoms with Gasteiger partial charge in [0.1, 0.15) is 0 Å². The van der Waals surface area contributed by atoms with E-state index in [1.165, 1.54) is 44.3 Å².